The van der Waals surface area contributed by atoms with E-state index in [0.29, 0.717) is 10.8 Å². The summed E-state index contributed by atoms with van der Waals surface area (Å²) in [6, 6.07) is 0. The lowest BCUT2D eigenvalue weighted by Gasteiger charge is -2.33. The van der Waals surface area contributed by atoms with Gasteiger partial charge in [-0.2, -0.15) is 0 Å². The molecule has 0 amide bonds. The van der Waals surface area contributed by atoms with Gasteiger partial charge in [-0.1, -0.05) is 52.6 Å². The summed E-state index contributed by atoms with van der Waals surface area (Å²) in [5.74, 6) is 0.859. The highest BCUT2D eigenvalue weighted by Gasteiger charge is 2.73. The van der Waals surface area contributed by atoms with E-state index in [1.54, 1.807) is 0 Å². The van der Waals surface area contributed by atoms with Gasteiger partial charge in [0, 0.05) is 0 Å². The summed E-state index contributed by atoms with van der Waals surface area (Å²) in [7, 11) is 0. The summed E-state index contributed by atoms with van der Waals surface area (Å²) in [5, 5.41) is 0. The fraction of sp³-hybridized carbons (Fsp3) is 1.00. The van der Waals surface area contributed by atoms with E-state index in [0.717, 1.165) is 5.92 Å². The van der Waals surface area contributed by atoms with E-state index in [2.05, 4.69) is 52.6 Å². The molecule has 2 fully saturated rings. The zero-order valence-corrected chi connectivity index (χ0v) is 11.1. The first-order chi connectivity index (χ1) is 5.30. The van der Waals surface area contributed by atoms with Gasteiger partial charge in [0.15, 0.2) is 0 Å². The Balaban J connectivity index is 2.21. The molecule has 2 atom stereocenters. The SMILES string of the molecule is CC1(C)CCC2C(Br)(Br)C2(C)C1. The lowest BCUT2D eigenvalue weighted by Crippen LogP contribution is -2.23. The number of fused-ring (bicyclic) bond motifs is 1. The first-order valence-corrected chi connectivity index (χ1v) is 6.26. The van der Waals surface area contributed by atoms with Crippen molar-refractivity contribution in [2.24, 2.45) is 16.7 Å². The highest BCUT2D eigenvalue weighted by molar-refractivity contribution is 9.25. The van der Waals surface area contributed by atoms with Crippen molar-refractivity contribution < 1.29 is 0 Å². The van der Waals surface area contributed by atoms with Crippen molar-refractivity contribution in [2.75, 3.05) is 0 Å². The van der Waals surface area contributed by atoms with Crippen LogP contribution in [0.3, 0.4) is 0 Å². The maximum absolute atomic E-state index is 3.80. The van der Waals surface area contributed by atoms with Gasteiger partial charge in [0.25, 0.3) is 0 Å². The zero-order chi connectivity index (χ0) is 9.20. The number of hydrogen-bond acceptors (Lipinski definition) is 0. The van der Waals surface area contributed by atoms with E-state index in [-0.39, 0.29) is 3.23 Å². The topological polar surface area (TPSA) is 0 Å². The molecular formula is C10H16Br2. The summed E-state index contributed by atoms with van der Waals surface area (Å²) < 4.78 is 0.265. The Morgan fingerprint density at radius 2 is 1.75 bits per heavy atom. The van der Waals surface area contributed by atoms with Crippen LogP contribution in [0.25, 0.3) is 0 Å². The van der Waals surface area contributed by atoms with Crippen LogP contribution in [0.1, 0.15) is 40.0 Å². The Morgan fingerprint density at radius 3 is 2.17 bits per heavy atom. The molecule has 0 aromatic heterocycles. The maximum Gasteiger partial charge on any atom is 0.0896 e. The number of hydrogen-bond donors (Lipinski definition) is 0. The van der Waals surface area contributed by atoms with Crippen molar-refractivity contribution in [3.8, 4) is 0 Å². The second-order valence-corrected chi connectivity index (χ2v) is 9.04. The molecule has 0 bridgehead atoms. The molecule has 12 heavy (non-hydrogen) atoms. The normalized spacial score (nSPS) is 48.2. The van der Waals surface area contributed by atoms with Gasteiger partial charge in [0.2, 0.25) is 0 Å². The smallest absolute Gasteiger partial charge is 0.0718 e. The van der Waals surface area contributed by atoms with E-state index >= 15 is 0 Å². The van der Waals surface area contributed by atoms with Crippen molar-refractivity contribution in [3.63, 3.8) is 0 Å². The lowest BCUT2D eigenvalue weighted by molar-refractivity contribution is 0.181. The molecule has 0 nitrogen and oxygen atoms in total. The summed E-state index contributed by atoms with van der Waals surface area (Å²) in [4.78, 5) is 0. The number of rotatable bonds is 0. The van der Waals surface area contributed by atoms with Crippen molar-refractivity contribution >= 4 is 31.9 Å². The van der Waals surface area contributed by atoms with Gasteiger partial charge >= 0.3 is 0 Å². The van der Waals surface area contributed by atoms with Crippen molar-refractivity contribution in [3.05, 3.63) is 0 Å². The minimum atomic E-state index is 0.265. The van der Waals surface area contributed by atoms with Gasteiger partial charge in [-0.05, 0) is 36.0 Å². The molecule has 2 aliphatic carbocycles. The molecule has 0 aromatic carbocycles. The average molecular weight is 296 g/mol. The van der Waals surface area contributed by atoms with Gasteiger partial charge in [-0.3, -0.25) is 0 Å². The fourth-order valence-electron chi connectivity index (χ4n) is 3.03. The van der Waals surface area contributed by atoms with Gasteiger partial charge in [-0.15, -0.1) is 0 Å². The van der Waals surface area contributed by atoms with E-state index < -0.39 is 0 Å². The molecule has 2 unspecified atom stereocenters. The minimum Gasteiger partial charge on any atom is -0.0718 e. The van der Waals surface area contributed by atoms with Gasteiger partial charge in [0.1, 0.15) is 0 Å². The summed E-state index contributed by atoms with van der Waals surface area (Å²) in [6.45, 7) is 7.19. The van der Waals surface area contributed by atoms with Gasteiger partial charge in [-0.25, -0.2) is 0 Å². The third-order valence-corrected chi connectivity index (χ3v) is 6.76. The summed E-state index contributed by atoms with van der Waals surface area (Å²) in [6.07, 6.45) is 4.10. The molecule has 0 N–H and O–H groups in total. The maximum atomic E-state index is 3.80. The largest absolute Gasteiger partial charge is 0.0896 e. The monoisotopic (exact) mass is 294 g/mol. The first kappa shape index (κ1) is 9.51. The summed E-state index contributed by atoms with van der Waals surface area (Å²) in [5.41, 5.74) is 1.06. The van der Waals surface area contributed by atoms with Crippen molar-refractivity contribution in [1.29, 1.82) is 0 Å². The molecule has 2 rings (SSSR count). The molecule has 0 heterocycles. The van der Waals surface area contributed by atoms with Crippen LogP contribution < -0.4 is 0 Å². The highest BCUT2D eigenvalue weighted by Crippen LogP contribution is 2.78. The second-order valence-electron chi connectivity index (χ2n) is 5.47. The van der Waals surface area contributed by atoms with Crippen LogP contribution in [-0.2, 0) is 0 Å². The van der Waals surface area contributed by atoms with E-state index in [4.69, 9.17) is 0 Å². The number of alkyl halides is 2. The molecule has 2 aliphatic rings. The predicted molar refractivity (Wildman–Crippen MR) is 59.8 cm³/mol. The van der Waals surface area contributed by atoms with Crippen LogP contribution in [0.4, 0.5) is 0 Å². The van der Waals surface area contributed by atoms with Crippen LogP contribution in [0.2, 0.25) is 0 Å². The third-order valence-electron chi connectivity index (χ3n) is 3.84. The first-order valence-electron chi connectivity index (χ1n) is 4.67. The minimum absolute atomic E-state index is 0.265. The highest BCUT2D eigenvalue weighted by atomic mass is 79.9. The van der Waals surface area contributed by atoms with Crippen LogP contribution in [-0.4, -0.2) is 3.23 Å². The molecule has 0 aliphatic heterocycles. The van der Waals surface area contributed by atoms with Crippen molar-refractivity contribution in [2.45, 2.75) is 43.3 Å². The third kappa shape index (κ3) is 1.06. The average Bonchev–Trinajstić information content (AvgIpc) is 2.23. The molecule has 70 valence electrons. The predicted octanol–water partition coefficient (Wildman–Crippen LogP) is 4.32. The fourth-order valence-corrected chi connectivity index (χ4v) is 5.11. The van der Waals surface area contributed by atoms with Gasteiger partial charge < -0.3 is 0 Å². The molecule has 2 heteroatoms. The van der Waals surface area contributed by atoms with Gasteiger partial charge in [0.05, 0.1) is 3.23 Å². The Bertz CT molecular complexity index is 220. The van der Waals surface area contributed by atoms with Crippen LogP contribution in [0.15, 0.2) is 0 Å². The van der Waals surface area contributed by atoms with E-state index in [1.807, 2.05) is 0 Å². The van der Waals surface area contributed by atoms with Crippen LogP contribution >= 0.6 is 31.9 Å². The Morgan fingerprint density at radius 1 is 1.17 bits per heavy atom. The second kappa shape index (κ2) is 2.31. The zero-order valence-electron chi connectivity index (χ0n) is 7.95. The Labute approximate surface area is 91.7 Å². The van der Waals surface area contributed by atoms with E-state index in [1.165, 1.54) is 19.3 Å². The van der Waals surface area contributed by atoms with Crippen molar-refractivity contribution in [1.82, 2.24) is 0 Å². The molecule has 0 saturated heterocycles. The lowest BCUT2D eigenvalue weighted by atomic mass is 9.72. The quantitative estimate of drug-likeness (QED) is 0.584. The standard InChI is InChI=1S/C10H16Br2/c1-8(2)5-4-7-9(3,6-8)10(7,11)12/h7H,4-6H2,1-3H3. The van der Waals surface area contributed by atoms with Crippen LogP contribution in [0.5, 0.6) is 0 Å². The summed E-state index contributed by atoms with van der Waals surface area (Å²) >= 11 is 7.61. The molecule has 0 spiro atoms. The van der Waals surface area contributed by atoms with E-state index in [9.17, 15) is 0 Å². The molecular weight excluding hydrogens is 280 g/mol. The number of halogens is 2. The Hall–Kier alpha value is 0.960. The molecule has 0 aromatic rings. The molecule has 0 radical (unpaired) electrons. The molecule has 2 saturated carbocycles. The van der Waals surface area contributed by atoms with Crippen LogP contribution in [0, 0.1) is 16.7 Å². The Kier molecular flexibility index (Phi) is 1.83.